The Kier molecular flexibility index (Phi) is 4.98. The van der Waals surface area contributed by atoms with Crippen molar-refractivity contribution in [1.29, 1.82) is 0 Å². The van der Waals surface area contributed by atoms with Crippen LogP contribution in [-0.4, -0.2) is 18.1 Å². The molecule has 1 aromatic heterocycles. The van der Waals surface area contributed by atoms with Crippen molar-refractivity contribution in [3.63, 3.8) is 0 Å². The molecule has 0 amide bonds. The molecule has 0 spiro atoms. The second kappa shape index (κ2) is 6.72. The first kappa shape index (κ1) is 14.8. The zero-order valence-electron chi connectivity index (χ0n) is 10.6. The summed E-state index contributed by atoms with van der Waals surface area (Å²) in [4.78, 5) is 15.4. The fourth-order valence-electron chi connectivity index (χ4n) is 1.49. The van der Waals surface area contributed by atoms with Gasteiger partial charge in [-0.25, -0.2) is 4.79 Å². The fraction of sp³-hybridized carbons (Fsp3) is 0.143. The standard InChI is InChI=1S/C14H11BrClNO3/c1-19-14(18)9-2-4-11(17-7-9)8-20-13-6-10(15)3-5-12(13)16/h2-7H,8H2,1H3. The highest BCUT2D eigenvalue weighted by atomic mass is 79.9. The summed E-state index contributed by atoms with van der Waals surface area (Å²) in [5, 5.41) is 0.527. The number of methoxy groups -OCH3 is 1. The molecule has 0 aliphatic rings. The predicted octanol–water partition coefficient (Wildman–Crippen LogP) is 3.86. The van der Waals surface area contributed by atoms with Gasteiger partial charge in [0.25, 0.3) is 0 Å². The molecule has 0 atom stereocenters. The van der Waals surface area contributed by atoms with Crippen LogP contribution >= 0.6 is 27.5 Å². The van der Waals surface area contributed by atoms with Crippen molar-refractivity contribution in [3.05, 3.63) is 57.3 Å². The van der Waals surface area contributed by atoms with Gasteiger partial charge in [-0.05, 0) is 30.3 Å². The number of nitrogens with zero attached hydrogens (tertiary/aromatic N) is 1. The molecule has 0 N–H and O–H groups in total. The van der Waals surface area contributed by atoms with Crippen LogP contribution in [0.5, 0.6) is 5.75 Å². The lowest BCUT2D eigenvalue weighted by atomic mass is 10.2. The fourth-order valence-corrected chi connectivity index (χ4v) is 2.00. The van der Waals surface area contributed by atoms with Crippen molar-refractivity contribution in [2.45, 2.75) is 6.61 Å². The number of carbonyl (C=O) groups excluding carboxylic acids is 1. The van der Waals surface area contributed by atoms with E-state index in [0.29, 0.717) is 22.0 Å². The van der Waals surface area contributed by atoms with Gasteiger partial charge in [-0.2, -0.15) is 0 Å². The Bertz CT molecular complexity index is 616. The van der Waals surface area contributed by atoms with Crippen LogP contribution in [0, 0.1) is 0 Å². The molecular formula is C14H11BrClNO3. The first-order valence-electron chi connectivity index (χ1n) is 5.71. The van der Waals surface area contributed by atoms with Gasteiger partial charge in [0, 0.05) is 10.7 Å². The molecule has 0 fully saturated rings. The summed E-state index contributed by atoms with van der Waals surface area (Å²) in [5.74, 6) is 0.153. The summed E-state index contributed by atoms with van der Waals surface area (Å²) in [7, 11) is 1.33. The van der Waals surface area contributed by atoms with Crippen LogP contribution in [0.15, 0.2) is 41.0 Å². The highest BCUT2D eigenvalue weighted by molar-refractivity contribution is 9.10. The Morgan fingerprint density at radius 3 is 2.80 bits per heavy atom. The molecule has 0 aliphatic carbocycles. The molecule has 0 unspecified atom stereocenters. The van der Waals surface area contributed by atoms with Crippen LogP contribution in [0.1, 0.15) is 16.1 Å². The number of hydrogen-bond donors (Lipinski definition) is 0. The smallest absolute Gasteiger partial charge is 0.339 e. The average molecular weight is 357 g/mol. The van der Waals surface area contributed by atoms with Crippen molar-refractivity contribution < 1.29 is 14.3 Å². The Labute approximate surface area is 129 Å². The summed E-state index contributed by atoms with van der Waals surface area (Å²) in [6, 6.07) is 8.71. The molecule has 2 aromatic rings. The van der Waals surface area contributed by atoms with Gasteiger partial charge < -0.3 is 9.47 Å². The molecule has 0 bridgehead atoms. The normalized spacial score (nSPS) is 10.2. The van der Waals surface area contributed by atoms with Crippen LogP contribution in [-0.2, 0) is 11.3 Å². The van der Waals surface area contributed by atoms with E-state index in [1.807, 2.05) is 6.07 Å². The van der Waals surface area contributed by atoms with Gasteiger partial charge in [0.1, 0.15) is 12.4 Å². The number of aromatic nitrogens is 1. The lowest BCUT2D eigenvalue weighted by Crippen LogP contribution is -2.04. The third-order valence-corrected chi connectivity index (χ3v) is 3.32. The number of rotatable bonds is 4. The molecular weight excluding hydrogens is 346 g/mol. The van der Waals surface area contributed by atoms with Crippen LogP contribution < -0.4 is 4.74 Å². The minimum absolute atomic E-state index is 0.262. The van der Waals surface area contributed by atoms with Gasteiger partial charge in [-0.15, -0.1) is 0 Å². The summed E-state index contributed by atoms with van der Waals surface area (Å²) in [6.45, 7) is 0.262. The van der Waals surface area contributed by atoms with E-state index in [-0.39, 0.29) is 6.61 Å². The lowest BCUT2D eigenvalue weighted by molar-refractivity contribution is 0.0600. The number of esters is 1. The van der Waals surface area contributed by atoms with E-state index in [0.717, 1.165) is 4.47 Å². The second-order valence-corrected chi connectivity index (χ2v) is 5.22. The van der Waals surface area contributed by atoms with Crippen molar-refractivity contribution in [3.8, 4) is 5.75 Å². The number of pyridine rings is 1. The zero-order chi connectivity index (χ0) is 14.5. The first-order chi connectivity index (χ1) is 9.60. The Hall–Kier alpha value is -1.59. The summed E-state index contributed by atoms with van der Waals surface area (Å²) in [6.07, 6.45) is 1.45. The summed E-state index contributed by atoms with van der Waals surface area (Å²) < 4.78 is 11.1. The summed E-state index contributed by atoms with van der Waals surface area (Å²) >= 11 is 9.37. The zero-order valence-corrected chi connectivity index (χ0v) is 12.9. The van der Waals surface area contributed by atoms with E-state index in [2.05, 4.69) is 25.7 Å². The van der Waals surface area contributed by atoms with E-state index in [9.17, 15) is 4.79 Å². The molecule has 20 heavy (non-hydrogen) atoms. The van der Waals surface area contributed by atoms with Crippen molar-refractivity contribution in [2.24, 2.45) is 0 Å². The minimum atomic E-state index is -0.417. The topological polar surface area (TPSA) is 48.4 Å². The SMILES string of the molecule is COC(=O)c1ccc(COc2cc(Br)ccc2Cl)nc1. The van der Waals surface area contributed by atoms with Crippen LogP contribution in [0.2, 0.25) is 5.02 Å². The number of halogens is 2. The Morgan fingerprint density at radius 1 is 1.35 bits per heavy atom. The lowest BCUT2D eigenvalue weighted by Gasteiger charge is -2.08. The van der Waals surface area contributed by atoms with Gasteiger partial charge in [-0.1, -0.05) is 27.5 Å². The van der Waals surface area contributed by atoms with E-state index in [4.69, 9.17) is 16.3 Å². The molecule has 0 saturated carbocycles. The highest BCUT2D eigenvalue weighted by Crippen LogP contribution is 2.28. The van der Waals surface area contributed by atoms with Crippen molar-refractivity contribution >= 4 is 33.5 Å². The maximum absolute atomic E-state index is 11.3. The molecule has 2 rings (SSSR count). The maximum Gasteiger partial charge on any atom is 0.339 e. The van der Waals surface area contributed by atoms with Crippen molar-refractivity contribution in [1.82, 2.24) is 4.98 Å². The van der Waals surface area contributed by atoms with Gasteiger partial charge in [0.15, 0.2) is 0 Å². The van der Waals surface area contributed by atoms with Crippen LogP contribution in [0.4, 0.5) is 0 Å². The number of hydrogen-bond acceptors (Lipinski definition) is 4. The predicted molar refractivity (Wildman–Crippen MR) is 79.1 cm³/mol. The average Bonchev–Trinajstić information content (AvgIpc) is 2.48. The third-order valence-electron chi connectivity index (χ3n) is 2.51. The van der Waals surface area contributed by atoms with Crippen molar-refractivity contribution in [2.75, 3.05) is 7.11 Å². The third kappa shape index (κ3) is 3.71. The van der Waals surface area contributed by atoms with Gasteiger partial charge >= 0.3 is 5.97 Å². The second-order valence-electron chi connectivity index (χ2n) is 3.89. The molecule has 1 aromatic carbocycles. The van der Waals surface area contributed by atoms with E-state index < -0.39 is 5.97 Å². The molecule has 104 valence electrons. The van der Waals surface area contributed by atoms with Gasteiger partial charge in [0.05, 0.1) is 23.4 Å². The molecule has 1 heterocycles. The monoisotopic (exact) mass is 355 g/mol. The molecule has 0 aliphatic heterocycles. The van der Waals surface area contributed by atoms with Crippen LogP contribution in [0.25, 0.3) is 0 Å². The minimum Gasteiger partial charge on any atom is -0.486 e. The number of ether oxygens (including phenoxy) is 2. The quantitative estimate of drug-likeness (QED) is 0.781. The maximum atomic E-state index is 11.3. The first-order valence-corrected chi connectivity index (χ1v) is 6.88. The van der Waals surface area contributed by atoms with E-state index >= 15 is 0 Å². The number of benzene rings is 1. The molecule has 4 nitrogen and oxygen atoms in total. The highest BCUT2D eigenvalue weighted by Gasteiger charge is 2.07. The van der Waals surface area contributed by atoms with Gasteiger partial charge in [-0.3, -0.25) is 4.98 Å². The van der Waals surface area contributed by atoms with E-state index in [1.54, 1.807) is 24.3 Å². The Balaban J connectivity index is 2.04. The Morgan fingerprint density at radius 2 is 2.15 bits per heavy atom. The van der Waals surface area contributed by atoms with Gasteiger partial charge in [0.2, 0.25) is 0 Å². The molecule has 6 heteroatoms. The summed E-state index contributed by atoms with van der Waals surface area (Å²) in [5.41, 5.74) is 1.09. The largest absolute Gasteiger partial charge is 0.486 e. The molecule has 0 radical (unpaired) electrons. The van der Waals surface area contributed by atoms with Crippen LogP contribution in [0.3, 0.4) is 0 Å². The van der Waals surface area contributed by atoms with E-state index in [1.165, 1.54) is 13.3 Å². The molecule has 0 saturated heterocycles. The number of carbonyl (C=O) groups is 1.